The average molecular weight is 359 g/mol. The van der Waals surface area contributed by atoms with E-state index in [-0.39, 0.29) is 22.9 Å². The molecule has 1 N–H and O–H groups in total. The number of phenolic OH excluding ortho intramolecular Hbond substituents is 1. The number of ketones is 1. The first-order valence-electron chi connectivity index (χ1n) is 9.40. The molecule has 26 heavy (non-hydrogen) atoms. The van der Waals surface area contributed by atoms with Gasteiger partial charge in [0.15, 0.2) is 23.0 Å². The molecule has 1 fully saturated rings. The molecule has 1 saturated heterocycles. The number of likely N-dealkylation sites (tertiary alicyclic amines) is 1. The second-order valence-electron chi connectivity index (χ2n) is 7.17. The molecule has 5 nitrogen and oxygen atoms in total. The number of hydrogen-bond donors (Lipinski definition) is 1. The van der Waals surface area contributed by atoms with Crippen molar-refractivity contribution in [2.24, 2.45) is 5.92 Å². The van der Waals surface area contributed by atoms with Gasteiger partial charge in [-0.2, -0.15) is 0 Å². The van der Waals surface area contributed by atoms with Gasteiger partial charge in [0.05, 0.1) is 14.2 Å². The Labute approximate surface area is 155 Å². The fourth-order valence-electron chi connectivity index (χ4n) is 5.03. The fourth-order valence-corrected chi connectivity index (χ4v) is 5.03. The Hall–Kier alpha value is -2.01. The number of carbonyl (C=O) groups is 1. The Bertz CT molecular complexity index is 742. The molecular formula is C21H29NO4. The van der Waals surface area contributed by atoms with Gasteiger partial charge >= 0.3 is 0 Å². The Morgan fingerprint density at radius 2 is 1.96 bits per heavy atom. The molecule has 1 heterocycles. The first kappa shape index (κ1) is 18.8. The lowest BCUT2D eigenvalue weighted by molar-refractivity contribution is -0.122. The van der Waals surface area contributed by atoms with Crippen LogP contribution in [-0.4, -0.2) is 49.6 Å². The zero-order chi connectivity index (χ0) is 19.1. The van der Waals surface area contributed by atoms with Gasteiger partial charge in [0, 0.05) is 29.4 Å². The van der Waals surface area contributed by atoms with Crippen molar-refractivity contribution in [2.75, 3.05) is 27.8 Å². The third kappa shape index (κ3) is 2.52. The Kier molecular flexibility index (Phi) is 5.02. The monoisotopic (exact) mass is 359 g/mol. The summed E-state index contributed by atoms with van der Waals surface area (Å²) in [5, 5.41) is 10.9. The number of likely N-dealkylation sites (N-methyl/N-ethyl adjacent to an activating group) is 1. The summed E-state index contributed by atoms with van der Waals surface area (Å²) in [6.45, 7) is 4.92. The summed E-state index contributed by atoms with van der Waals surface area (Å²) in [5.74, 6) is 1.32. The number of benzene rings is 1. The number of carbonyl (C=O) groups excluding carboxylic acids is 1. The van der Waals surface area contributed by atoms with Gasteiger partial charge in [0.25, 0.3) is 0 Å². The van der Waals surface area contributed by atoms with Crippen molar-refractivity contribution < 1.29 is 19.4 Å². The number of fused-ring (bicyclic) bond motifs is 1. The van der Waals surface area contributed by atoms with Crippen molar-refractivity contribution >= 4 is 5.78 Å². The van der Waals surface area contributed by atoms with Crippen molar-refractivity contribution in [2.45, 2.75) is 44.6 Å². The van der Waals surface area contributed by atoms with Crippen LogP contribution in [0.1, 0.15) is 37.8 Å². The maximum absolute atomic E-state index is 12.6. The number of nitrogens with zero attached hydrogens (tertiary/aromatic N) is 1. The summed E-state index contributed by atoms with van der Waals surface area (Å²) in [5.41, 5.74) is 1.68. The summed E-state index contributed by atoms with van der Waals surface area (Å²) < 4.78 is 10.6. The van der Waals surface area contributed by atoms with Gasteiger partial charge in [-0.05, 0) is 44.1 Å². The SMILES string of the molecule is CC.COC1=C[C@@H]2[C@@H]3Cc4ccc(OC)c(O)c4[C@]2(CCN3C)CC1=O. The highest BCUT2D eigenvalue weighted by atomic mass is 16.5. The maximum Gasteiger partial charge on any atom is 0.197 e. The lowest BCUT2D eigenvalue weighted by Crippen LogP contribution is -2.60. The van der Waals surface area contributed by atoms with Crippen molar-refractivity contribution in [1.29, 1.82) is 0 Å². The van der Waals surface area contributed by atoms with Gasteiger partial charge in [-0.15, -0.1) is 0 Å². The Morgan fingerprint density at radius 1 is 1.23 bits per heavy atom. The molecule has 0 saturated carbocycles. The van der Waals surface area contributed by atoms with E-state index in [0.29, 0.717) is 24.0 Å². The molecule has 0 radical (unpaired) electrons. The van der Waals surface area contributed by atoms with Crippen LogP contribution in [0.25, 0.3) is 0 Å². The predicted molar refractivity (Wildman–Crippen MR) is 101 cm³/mol. The summed E-state index contributed by atoms with van der Waals surface area (Å²) in [6, 6.07) is 4.18. The van der Waals surface area contributed by atoms with Crippen LogP contribution in [0.4, 0.5) is 0 Å². The topological polar surface area (TPSA) is 59.0 Å². The van der Waals surface area contributed by atoms with Crippen molar-refractivity contribution in [1.82, 2.24) is 4.90 Å². The smallest absolute Gasteiger partial charge is 0.197 e. The van der Waals surface area contributed by atoms with Gasteiger partial charge in [-0.3, -0.25) is 4.79 Å². The number of aromatic hydroxyl groups is 1. The molecule has 4 rings (SSSR count). The quantitative estimate of drug-likeness (QED) is 0.879. The molecule has 5 heteroatoms. The molecular weight excluding hydrogens is 330 g/mol. The summed E-state index contributed by atoms with van der Waals surface area (Å²) in [6.07, 6.45) is 4.08. The van der Waals surface area contributed by atoms with Gasteiger partial charge in [0.1, 0.15) is 0 Å². The van der Waals surface area contributed by atoms with E-state index in [9.17, 15) is 9.90 Å². The van der Waals surface area contributed by atoms with Crippen LogP contribution >= 0.6 is 0 Å². The molecule has 1 aliphatic heterocycles. The van der Waals surface area contributed by atoms with Gasteiger partial charge in [0.2, 0.25) is 0 Å². The highest BCUT2D eigenvalue weighted by molar-refractivity contribution is 5.96. The Balaban J connectivity index is 0.000000948. The van der Waals surface area contributed by atoms with E-state index in [2.05, 4.69) is 11.9 Å². The first-order valence-corrected chi connectivity index (χ1v) is 9.40. The van der Waals surface area contributed by atoms with Gasteiger partial charge in [-0.25, -0.2) is 0 Å². The van der Waals surface area contributed by atoms with Gasteiger partial charge < -0.3 is 19.5 Å². The summed E-state index contributed by atoms with van der Waals surface area (Å²) in [4.78, 5) is 15.0. The second kappa shape index (κ2) is 6.95. The van der Waals surface area contributed by atoms with Crippen molar-refractivity contribution in [3.63, 3.8) is 0 Å². The van der Waals surface area contributed by atoms with E-state index in [1.807, 2.05) is 32.1 Å². The molecule has 1 aromatic carbocycles. The largest absolute Gasteiger partial charge is 0.504 e. The van der Waals surface area contributed by atoms with E-state index in [1.165, 1.54) is 0 Å². The molecule has 0 aromatic heterocycles. The van der Waals surface area contributed by atoms with Crippen LogP contribution in [0.3, 0.4) is 0 Å². The molecule has 3 aliphatic rings. The van der Waals surface area contributed by atoms with Crippen LogP contribution in [-0.2, 0) is 21.4 Å². The number of ether oxygens (including phenoxy) is 2. The minimum absolute atomic E-state index is 0.0205. The number of piperidine rings is 1. The van der Waals surface area contributed by atoms with Crippen LogP contribution in [0.15, 0.2) is 24.0 Å². The van der Waals surface area contributed by atoms with Crippen molar-refractivity contribution in [3.05, 3.63) is 35.1 Å². The molecule has 2 aliphatic carbocycles. The van der Waals surface area contributed by atoms with E-state index >= 15 is 0 Å². The van der Waals surface area contributed by atoms with Crippen LogP contribution in [0, 0.1) is 5.92 Å². The lowest BCUT2D eigenvalue weighted by Gasteiger charge is -2.56. The molecule has 2 bridgehead atoms. The predicted octanol–water partition coefficient (Wildman–Crippen LogP) is 3.04. The third-order valence-corrected chi connectivity index (χ3v) is 6.21. The third-order valence-electron chi connectivity index (χ3n) is 6.21. The number of Topliss-reactive ketones (excluding diaryl/α,β-unsaturated/α-hetero) is 1. The van der Waals surface area contributed by atoms with E-state index < -0.39 is 0 Å². The molecule has 0 unspecified atom stereocenters. The number of rotatable bonds is 2. The standard InChI is InChI=1S/C19H23NO4.C2H6/c1-20-7-6-19-10-14(21)16(24-3)9-12(19)13(20)8-11-4-5-15(23-2)18(22)17(11)19;1-2/h4-5,9,12-13,22H,6-8,10H2,1-3H3;1-2H3/t12-,13+,19-;/m1./s1. The molecule has 0 amide bonds. The normalized spacial score (nSPS) is 29.6. The summed E-state index contributed by atoms with van der Waals surface area (Å²) in [7, 11) is 5.25. The van der Waals surface area contributed by atoms with Gasteiger partial charge in [-0.1, -0.05) is 19.9 Å². The summed E-state index contributed by atoms with van der Waals surface area (Å²) >= 11 is 0. The zero-order valence-corrected chi connectivity index (χ0v) is 16.3. The number of allylic oxidation sites excluding steroid dienone is 1. The van der Waals surface area contributed by atoms with E-state index in [1.54, 1.807) is 14.2 Å². The number of phenols is 1. The lowest BCUT2D eigenvalue weighted by atomic mass is 9.53. The van der Waals surface area contributed by atoms with Crippen LogP contribution in [0.5, 0.6) is 11.5 Å². The van der Waals surface area contributed by atoms with Crippen molar-refractivity contribution in [3.8, 4) is 11.5 Å². The zero-order valence-electron chi connectivity index (χ0n) is 16.3. The molecule has 142 valence electrons. The highest BCUT2D eigenvalue weighted by Gasteiger charge is 2.56. The number of methoxy groups -OCH3 is 2. The first-order chi connectivity index (χ1) is 12.5. The highest BCUT2D eigenvalue weighted by Crippen LogP contribution is 2.57. The minimum Gasteiger partial charge on any atom is -0.504 e. The number of hydrogen-bond acceptors (Lipinski definition) is 5. The van der Waals surface area contributed by atoms with Crippen LogP contribution < -0.4 is 4.74 Å². The minimum atomic E-state index is -0.359. The molecule has 3 atom stereocenters. The fraction of sp³-hybridized carbons (Fsp3) is 0.571. The van der Waals surface area contributed by atoms with Crippen LogP contribution in [0.2, 0.25) is 0 Å². The second-order valence-corrected chi connectivity index (χ2v) is 7.17. The molecule has 1 aromatic rings. The average Bonchev–Trinajstić information content (AvgIpc) is 2.65. The molecule has 0 spiro atoms. The Morgan fingerprint density at radius 3 is 2.62 bits per heavy atom. The van der Waals surface area contributed by atoms with E-state index in [4.69, 9.17) is 9.47 Å². The maximum atomic E-state index is 12.6. The van der Waals surface area contributed by atoms with E-state index in [0.717, 1.165) is 30.5 Å².